The van der Waals surface area contributed by atoms with Crippen molar-refractivity contribution in [3.05, 3.63) is 0 Å². The van der Waals surface area contributed by atoms with E-state index in [1.165, 1.54) is 0 Å². The molecule has 0 aromatic heterocycles. The third kappa shape index (κ3) is 1.57. The van der Waals surface area contributed by atoms with Gasteiger partial charge in [0.05, 0.1) is 6.54 Å². The minimum absolute atomic E-state index is 0.348. The van der Waals surface area contributed by atoms with E-state index in [1.54, 1.807) is 0 Å². The third-order valence-corrected chi connectivity index (χ3v) is 2.44. The van der Waals surface area contributed by atoms with E-state index in [1.807, 2.05) is 0 Å². The molecule has 4 nitrogen and oxygen atoms in total. The molecule has 1 aliphatic heterocycles. The van der Waals surface area contributed by atoms with E-state index in [0.29, 0.717) is 17.3 Å². The summed E-state index contributed by atoms with van der Waals surface area (Å²) in [5.74, 6) is 0.555. The lowest BCUT2D eigenvalue weighted by Crippen LogP contribution is -2.40. The van der Waals surface area contributed by atoms with Gasteiger partial charge in [0.2, 0.25) is 0 Å². The molecule has 1 saturated heterocycles. The van der Waals surface area contributed by atoms with Crippen molar-refractivity contribution in [1.82, 2.24) is 5.32 Å². The molecular formula is C4H8N2O2S. The van der Waals surface area contributed by atoms with Gasteiger partial charge >= 0.3 is 0 Å². The summed E-state index contributed by atoms with van der Waals surface area (Å²) in [5, 5.41) is 14.4. The Balaban J connectivity index is 2.49. The molecule has 1 unspecified atom stereocenters. The van der Waals surface area contributed by atoms with Gasteiger partial charge in [-0.3, -0.25) is 0 Å². The Hall–Kier alpha value is -0.260. The molecule has 2 N–H and O–H groups in total. The van der Waals surface area contributed by atoms with E-state index >= 15 is 0 Å². The molecule has 0 aromatic rings. The van der Waals surface area contributed by atoms with Gasteiger partial charge < -0.3 is 15.1 Å². The summed E-state index contributed by atoms with van der Waals surface area (Å²) in [6.45, 7) is 1.19. The van der Waals surface area contributed by atoms with Gasteiger partial charge in [-0.15, -0.1) is 0 Å². The van der Waals surface area contributed by atoms with Crippen molar-refractivity contribution in [2.45, 2.75) is 0 Å². The smallest absolute Gasteiger partial charge is 0.268 e. The molecule has 1 rings (SSSR count). The van der Waals surface area contributed by atoms with Gasteiger partial charge in [0.15, 0.2) is 0 Å². The van der Waals surface area contributed by atoms with Crippen LogP contribution in [0, 0.1) is 0 Å². The van der Waals surface area contributed by atoms with E-state index in [2.05, 4.69) is 10.5 Å². The Morgan fingerprint density at radius 3 is 3.00 bits per heavy atom. The minimum atomic E-state index is -1.04. The molecule has 5 heteroatoms. The van der Waals surface area contributed by atoms with Gasteiger partial charge in [-0.25, -0.2) is 0 Å². The Morgan fingerprint density at radius 2 is 2.56 bits per heavy atom. The number of nitrogens with zero attached hydrogens (tertiary/aromatic N) is 1. The van der Waals surface area contributed by atoms with Crippen LogP contribution < -0.4 is 5.32 Å². The van der Waals surface area contributed by atoms with E-state index in [9.17, 15) is 4.55 Å². The predicted molar refractivity (Wildman–Crippen MR) is 35.1 cm³/mol. The zero-order valence-corrected chi connectivity index (χ0v) is 5.65. The maximum absolute atomic E-state index is 10.8. The molecule has 9 heavy (non-hydrogen) atoms. The van der Waals surface area contributed by atoms with Crippen molar-refractivity contribution < 1.29 is 9.76 Å². The standard InChI is InChI=1S/C4H8N2O2S/c7-6-4-3-5-1-2-9(4)8/h5,7H,1-3H2. The van der Waals surface area contributed by atoms with Crippen molar-refractivity contribution >= 4 is 16.2 Å². The lowest BCUT2D eigenvalue weighted by Gasteiger charge is -2.16. The van der Waals surface area contributed by atoms with Crippen LogP contribution in [0.4, 0.5) is 0 Å². The first-order valence-corrected chi connectivity index (χ1v) is 3.96. The minimum Gasteiger partial charge on any atom is -0.610 e. The Bertz CT molecular complexity index is 128. The number of hydrogen-bond donors (Lipinski definition) is 2. The number of hydrogen-bond acceptors (Lipinski definition) is 4. The molecule has 1 fully saturated rings. The van der Waals surface area contributed by atoms with Crippen LogP contribution in [0.5, 0.6) is 0 Å². The zero-order valence-electron chi connectivity index (χ0n) is 4.83. The third-order valence-electron chi connectivity index (χ3n) is 1.11. The van der Waals surface area contributed by atoms with Crippen molar-refractivity contribution in [1.29, 1.82) is 0 Å². The first kappa shape index (κ1) is 6.85. The molecule has 0 aromatic carbocycles. The van der Waals surface area contributed by atoms with Crippen LogP contribution in [0.1, 0.15) is 0 Å². The molecule has 0 amide bonds. The maximum Gasteiger partial charge on any atom is 0.268 e. The summed E-state index contributed by atoms with van der Waals surface area (Å²) in [6, 6.07) is 0. The van der Waals surface area contributed by atoms with Crippen LogP contribution in [0.3, 0.4) is 0 Å². The van der Waals surface area contributed by atoms with Crippen LogP contribution in [0.25, 0.3) is 0 Å². The average molecular weight is 148 g/mol. The zero-order chi connectivity index (χ0) is 6.69. The fourth-order valence-corrected chi connectivity index (χ4v) is 1.56. The molecule has 0 spiro atoms. The molecule has 52 valence electrons. The van der Waals surface area contributed by atoms with Crippen molar-refractivity contribution in [3.8, 4) is 0 Å². The van der Waals surface area contributed by atoms with Gasteiger partial charge in [-0.1, -0.05) is 0 Å². The van der Waals surface area contributed by atoms with Crippen LogP contribution in [0.15, 0.2) is 5.16 Å². The Labute approximate surface area is 56.1 Å². The van der Waals surface area contributed by atoms with Crippen molar-refractivity contribution in [3.63, 3.8) is 0 Å². The van der Waals surface area contributed by atoms with Crippen LogP contribution in [-0.4, -0.2) is 33.6 Å². The number of rotatable bonds is 0. The molecule has 0 radical (unpaired) electrons. The quantitative estimate of drug-likeness (QED) is 0.266. The Kier molecular flexibility index (Phi) is 2.32. The molecule has 0 aliphatic carbocycles. The van der Waals surface area contributed by atoms with Gasteiger partial charge in [-0.05, 0) is 5.16 Å². The molecule has 1 atom stereocenters. The highest BCUT2D eigenvalue weighted by Crippen LogP contribution is 1.97. The summed E-state index contributed by atoms with van der Waals surface area (Å²) < 4.78 is 10.8. The largest absolute Gasteiger partial charge is 0.610 e. The van der Waals surface area contributed by atoms with Gasteiger partial charge in [0.1, 0.15) is 5.75 Å². The lowest BCUT2D eigenvalue weighted by molar-refractivity contribution is 0.319. The predicted octanol–water partition coefficient (Wildman–Crippen LogP) is -0.874. The van der Waals surface area contributed by atoms with Crippen molar-refractivity contribution in [2.24, 2.45) is 5.16 Å². The van der Waals surface area contributed by atoms with Crippen molar-refractivity contribution in [2.75, 3.05) is 18.8 Å². The first-order chi connectivity index (χ1) is 4.34. The molecular weight excluding hydrogens is 140 g/mol. The summed E-state index contributed by atoms with van der Waals surface area (Å²) >= 11 is -1.04. The van der Waals surface area contributed by atoms with Gasteiger partial charge in [0.25, 0.3) is 5.04 Å². The topological polar surface area (TPSA) is 67.7 Å². The SMILES string of the molecule is [O-][S+]1CCNCC1=NO. The highest BCUT2D eigenvalue weighted by atomic mass is 32.2. The summed E-state index contributed by atoms with van der Waals surface area (Å²) in [5.41, 5.74) is 0. The van der Waals surface area contributed by atoms with Crippen LogP contribution >= 0.6 is 0 Å². The lowest BCUT2D eigenvalue weighted by atomic mass is 10.6. The highest BCUT2D eigenvalue weighted by molar-refractivity contribution is 8.06. The maximum atomic E-state index is 10.8. The fourth-order valence-electron chi connectivity index (χ4n) is 0.639. The highest BCUT2D eigenvalue weighted by Gasteiger charge is 2.20. The monoisotopic (exact) mass is 148 g/mol. The van der Waals surface area contributed by atoms with Crippen LogP contribution in [0.2, 0.25) is 0 Å². The second-order valence-electron chi connectivity index (χ2n) is 1.72. The summed E-state index contributed by atoms with van der Waals surface area (Å²) in [7, 11) is 0. The second kappa shape index (κ2) is 3.05. The normalized spacial score (nSPS) is 33.0. The Morgan fingerprint density at radius 1 is 1.78 bits per heavy atom. The molecule has 0 saturated carbocycles. The average Bonchev–Trinajstić information content (AvgIpc) is 1.89. The second-order valence-corrected chi connectivity index (χ2v) is 3.29. The van der Waals surface area contributed by atoms with E-state index < -0.39 is 11.2 Å². The van der Waals surface area contributed by atoms with Gasteiger partial charge in [0, 0.05) is 17.7 Å². The number of nitrogens with one attached hydrogen (secondary N) is 1. The van der Waals surface area contributed by atoms with Gasteiger partial charge in [-0.2, -0.15) is 0 Å². The van der Waals surface area contributed by atoms with E-state index in [-0.39, 0.29) is 0 Å². The molecule has 1 heterocycles. The molecule has 0 bridgehead atoms. The van der Waals surface area contributed by atoms with Crippen LogP contribution in [-0.2, 0) is 11.2 Å². The summed E-state index contributed by atoms with van der Waals surface area (Å²) in [6.07, 6.45) is 0. The fraction of sp³-hybridized carbons (Fsp3) is 0.750. The first-order valence-electron chi connectivity index (χ1n) is 2.64. The van der Waals surface area contributed by atoms with E-state index in [4.69, 9.17) is 5.21 Å². The van der Waals surface area contributed by atoms with E-state index in [0.717, 1.165) is 6.54 Å². The number of oxime groups is 1. The summed E-state index contributed by atoms with van der Waals surface area (Å²) in [4.78, 5) is 0. The molecule has 1 aliphatic rings.